The Morgan fingerprint density at radius 1 is 1.29 bits per heavy atom. The second-order valence-corrected chi connectivity index (χ2v) is 8.81. The van der Waals surface area contributed by atoms with E-state index >= 15 is 0 Å². The first-order chi connectivity index (χ1) is 14.9. The number of likely N-dealkylation sites (tertiary alicyclic amines) is 1. The third-order valence-corrected chi connectivity index (χ3v) is 6.63. The summed E-state index contributed by atoms with van der Waals surface area (Å²) in [5.41, 5.74) is 10.5. The molecule has 0 bridgehead atoms. The predicted octanol–water partition coefficient (Wildman–Crippen LogP) is 3.15. The number of benzene rings is 1. The number of piperidine rings is 1. The van der Waals surface area contributed by atoms with Crippen molar-refractivity contribution in [3.05, 3.63) is 47.1 Å². The number of carbonyl (C=O) groups is 2. The van der Waals surface area contributed by atoms with Gasteiger partial charge in [0.2, 0.25) is 0 Å². The van der Waals surface area contributed by atoms with E-state index in [0.717, 1.165) is 21.3 Å². The lowest BCUT2D eigenvalue weighted by atomic mass is 9.87. The molecule has 31 heavy (non-hydrogen) atoms. The summed E-state index contributed by atoms with van der Waals surface area (Å²) < 4.78 is 6.75. The fourth-order valence-corrected chi connectivity index (χ4v) is 4.71. The second-order valence-electron chi connectivity index (χ2n) is 7.92. The van der Waals surface area contributed by atoms with Gasteiger partial charge in [0.25, 0.3) is 0 Å². The fourth-order valence-electron chi connectivity index (χ4n) is 4.05. The van der Waals surface area contributed by atoms with Crippen LogP contribution >= 0.6 is 11.3 Å². The van der Waals surface area contributed by atoms with Gasteiger partial charge < -0.3 is 20.7 Å². The Bertz CT molecular complexity index is 1130. The predicted molar refractivity (Wildman–Crippen MR) is 121 cm³/mol. The molecule has 1 aliphatic rings. The van der Waals surface area contributed by atoms with E-state index in [9.17, 15) is 9.59 Å². The van der Waals surface area contributed by atoms with Gasteiger partial charge >= 0.3 is 11.8 Å². The van der Waals surface area contributed by atoms with E-state index in [4.69, 9.17) is 10.5 Å². The number of hydrogen-bond acceptors (Lipinski definition) is 7. The fraction of sp³-hybridized carbons (Fsp3) is 0.364. The average Bonchev–Trinajstić information content (AvgIpc) is 3.23. The van der Waals surface area contributed by atoms with Crippen LogP contribution in [0.25, 0.3) is 10.2 Å². The van der Waals surface area contributed by atoms with Crippen molar-refractivity contribution in [2.75, 3.05) is 24.7 Å². The standard InChI is InChI=1S/C22H25N5O3S/c1-12-6-15(9-24-20(12)23)26-21(28)22(29)27-10-13(2)18(30-3)8-17(27)14-4-5-19-16(7-14)25-11-31-19/h4-7,9,11,13,17-18H,8,10H2,1-3H3,(H2,23,24)(H,26,28)/t13-,17-,18?/m0/s1. The molecule has 0 saturated carbocycles. The molecule has 4 rings (SSSR count). The molecule has 0 spiro atoms. The van der Waals surface area contributed by atoms with E-state index < -0.39 is 11.8 Å². The number of rotatable bonds is 3. The number of methoxy groups -OCH3 is 1. The minimum atomic E-state index is -0.700. The molecule has 1 aliphatic heterocycles. The van der Waals surface area contributed by atoms with Crippen LogP contribution < -0.4 is 11.1 Å². The number of hydrogen-bond donors (Lipinski definition) is 2. The molecule has 1 saturated heterocycles. The highest BCUT2D eigenvalue weighted by atomic mass is 32.1. The molecular formula is C22H25N5O3S. The topological polar surface area (TPSA) is 110 Å². The van der Waals surface area contributed by atoms with Crippen LogP contribution in [0.4, 0.5) is 11.5 Å². The molecule has 1 aromatic carbocycles. The Hall–Kier alpha value is -3.04. The Balaban J connectivity index is 1.61. The number of thiazole rings is 1. The van der Waals surface area contributed by atoms with Crippen LogP contribution in [-0.2, 0) is 14.3 Å². The highest BCUT2D eigenvalue weighted by Gasteiger charge is 2.39. The molecule has 0 radical (unpaired) electrons. The minimum absolute atomic E-state index is 0.00723. The van der Waals surface area contributed by atoms with Gasteiger partial charge in [0, 0.05) is 19.6 Å². The van der Waals surface area contributed by atoms with Gasteiger partial charge in [-0.1, -0.05) is 13.0 Å². The number of ether oxygens (including phenoxy) is 1. The number of nitrogens with one attached hydrogen (secondary N) is 1. The average molecular weight is 440 g/mol. The number of aromatic nitrogens is 2. The highest BCUT2D eigenvalue weighted by Crippen LogP contribution is 2.36. The third kappa shape index (κ3) is 4.24. The number of nitrogens with zero attached hydrogens (tertiary/aromatic N) is 3. The largest absolute Gasteiger partial charge is 0.383 e. The Morgan fingerprint density at radius 3 is 2.84 bits per heavy atom. The lowest BCUT2D eigenvalue weighted by Gasteiger charge is -2.42. The SMILES string of the molecule is COC1C[C@@H](c2ccc3scnc3c2)N(C(=O)C(=O)Nc2cnc(N)c(C)c2)C[C@@H]1C. The molecule has 8 nitrogen and oxygen atoms in total. The summed E-state index contributed by atoms with van der Waals surface area (Å²) in [5, 5.41) is 2.65. The van der Waals surface area contributed by atoms with E-state index in [-0.39, 0.29) is 18.1 Å². The van der Waals surface area contributed by atoms with Crippen LogP contribution in [0, 0.1) is 12.8 Å². The van der Waals surface area contributed by atoms with E-state index in [2.05, 4.69) is 15.3 Å². The van der Waals surface area contributed by atoms with Crippen molar-refractivity contribution in [2.45, 2.75) is 32.4 Å². The quantitative estimate of drug-likeness (QED) is 0.607. The van der Waals surface area contributed by atoms with E-state index in [0.29, 0.717) is 24.5 Å². The Morgan fingerprint density at radius 2 is 2.10 bits per heavy atom. The molecule has 1 unspecified atom stereocenters. The number of anilines is 2. The van der Waals surface area contributed by atoms with Gasteiger partial charge in [-0.15, -0.1) is 11.3 Å². The zero-order chi connectivity index (χ0) is 22.1. The number of nitrogens with two attached hydrogens (primary N) is 1. The summed E-state index contributed by atoms with van der Waals surface area (Å²) in [6.07, 6.45) is 2.04. The van der Waals surface area contributed by atoms with Gasteiger partial charge in [-0.3, -0.25) is 9.59 Å². The third-order valence-electron chi connectivity index (χ3n) is 5.82. The van der Waals surface area contributed by atoms with E-state index in [1.807, 2.05) is 25.1 Å². The molecule has 3 atom stereocenters. The molecule has 3 heterocycles. The van der Waals surface area contributed by atoms with Crippen molar-refractivity contribution >= 4 is 44.9 Å². The maximum atomic E-state index is 13.2. The van der Waals surface area contributed by atoms with Crippen molar-refractivity contribution < 1.29 is 14.3 Å². The van der Waals surface area contributed by atoms with Crippen LogP contribution in [-0.4, -0.2) is 46.4 Å². The Kier molecular flexibility index (Phi) is 5.88. The number of carbonyl (C=O) groups excluding carboxylic acids is 2. The van der Waals surface area contributed by atoms with Gasteiger partial charge in [-0.2, -0.15) is 0 Å². The van der Waals surface area contributed by atoms with Gasteiger partial charge in [-0.05, 0) is 42.7 Å². The van der Waals surface area contributed by atoms with Gasteiger partial charge in [-0.25, -0.2) is 9.97 Å². The Labute approximate surface area is 184 Å². The van der Waals surface area contributed by atoms with Crippen LogP contribution in [0.2, 0.25) is 0 Å². The van der Waals surface area contributed by atoms with Crippen molar-refractivity contribution in [3.63, 3.8) is 0 Å². The lowest BCUT2D eigenvalue weighted by molar-refractivity contribution is -0.149. The first kappa shape index (κ1) is 21.2. The van der Waals surface area contributed by atoms with Crippen LogP contribution in [0.3, 0.4) is 0 Å². The highest BCUT2D eigenvalue weighted by molar-refractivity contribution is 7.16. The van der Waals surface area contributed by atoms with E-state index in [1.165, 1.54) is 6.20 Å². The zero-order valence-electron chi connectivity index (χ0n) is 17.7. The van der Waals surface area contributed by atoms with Crippen LogP contribution in [0.15, 0.2) is 36.0 Å². The van der Waals surface area contributed by atoms with Crippen molar-refractivity contribution in [1.29, 1.82) is 0 Å². The molecule has 9 heteroatoms. The first-order valence-corrected chi connectivity index (χ1v) is 11.0. The monoisotopic (exact) mass is 439 g/mol. The number of amides is 2. The molecule has 0 aliphatic carbocycles. The van der Waals surface area contributed by atoms with E-state index in [1.54, 1.807) is 41.8 Å². The molecule has 2 aromatic heterocycles. The summed E-state index contributed by atoms with van der Waals surface area (Å²) >= 11 is 1.57. The summed E-state index contributed by atoms with van der Waals surface area (Å²) in [5.74, 6) is -0.799. The second kappa shape index (κ2) is 8.60. The summed E-state index contributed by atoms with van der Waals surface area (Å²) in [6.45, 7) is 4.24. The number of nitrogen functional groups attached to an aromatic ring is 1. The normalized spacial score (nSPS) is 21.3. The van der Waals surface area contributed by atoms with Crippen molar-refractivity contribution in [3.8, 4) is 0 Å². The smallest absolute Gasteiger partial charge is 0.313 e. The van der Waals surface area contributed by atoms with Gasteiger partial charge in [0.05, 0.1) is 39.8 Å². The van der Waals surface area contributed by atoms with Crippen LogP contribution in [0.1, 0.15) is 30.5 Å². The molecule has 1 fully saturated rings. The maximum Gasteiger partial charge on any atom is 0.313 e. The maximum absolute atomic E-state index is 13.2. The molecule has 3 N–H and O–H groups in total. The number of pyridine rings is 1. The minimum Gasteiger partial charge on any atom is -0.383 e. The molecular weight excluding hydrogens is 414 g/mol. The molecule has 162 valence electrons. The van der Waals surface area contributed by atoms with Crippen LogP contribution in [0.5, 0.6) is 0 Å². The molecule has 2 amide bonds. The number of fused-ring (bicyclic) bond motifs is 1. The summed E-state index contributed by atoms with van der Waals surface area (Å²) in [6, 6.07) is 7.41. The summed E-state index contributed by atoms with van der Waals surface area (Å²) in [7, 11) is 1.68. The zero-order valence-corrected chi connectivity index (χ0v) is 18.5. The summed E-state index contributed by atoms with van der Waals surface area (Å²) in [4.78, 5) is 36.1. The van der Waals surface area contributed by atoms with Crippen molar-refractivity contribution in [2.24, 2.45) is 5.92 Å². The number of aryl methyl sites for hydroxylation is 1. The van der Waals surface area contributed by atoms with Gasteiger partial charge in [0.1, 0.15) is 5.82 Å². The van der Waals surface area contributed by atoms with Gasteiger partial charge in [0.15, 0.2) is 0 Å². The van der Waals surface area contributed by atoms with Crippen molar-refractivity contribution in [1.82, 2.24) is 14.9 Å². The lowest BCUT2D eigenvalue weighted by Crippen LogP contribution is -2.50. The molecule has 3 aromatic rings. The first-order valence-electron chi connectivity index (χ1n) is 10.1.